The van der Waals surface area contributed by atoms with Crippen molar-refractivity contribution in [2.24, 2.45) is 0 Å². The van der Waals surface area contributed by atoms with Gasteiger partial charge in [-0.05, 0) is 30.7 Å². The number of nitrogens with zero attached hydrogens (tertiary/aromatic N) is 2. The van der Waals surface area contributed by atoms with Crippen LogP contribution < -0.4 is 15.4 Å². The third-order valence-corrected chi connectivity index (χ3v) is 7.14. The number of ether oxygens (including phenoxy) is 1. The van der Waals surface area contributed by atoms with Crippen LogP contribution in [0.2, 0.25) is 5.02 Å². The number of ketones is 1. The third kappa shape index (κ3) is 3.56. The van der Waals surface area contributed by atoms with E-state index in [9.17, 15) is 9.59 Å². The lowest BCUT2D eigenvalue weighted by Crippen LogP contribution is -2.51. The maximum atomic E-state index is 13.6. The van der Waals surface area contributed by atoms with Gasteiger partial charge in [0.05, 0.1) is 40.0 Å². The molecule has 178 valence electrons. The lowest BCUT2D eigenvalue weighted by atomic mass is 9.91. The van der Waals surface area contributed by atoms with Gasteiger partial charge < -0.3 is 25.2 Å². The van der Waals surface area contributed by atoms with Crippen LogP contribution in [0.3, 0.4) is 0 Å². The van der Waals surface area contributed by atoms with Crippen molar-refractivity contribution in [3.8, 4) is 11.5 Å². The number of hydrogen-bond donors (Lipinski definition) is 3. The maximum absolute atomic E-state index is 13.6. The summed E-state index contributed by atoms with van der Waals surface area (Å²) in [5.74, 6) is 0.715. The fourth-order valence-electron chi connectivity index (χ4n) is 5.00. The molecule has 4 aromatic rings. The van der Waals surface area contributed by atoms with Gasteiger partial charge in [-0.3, -0.25) is 9.59 Å². The minimum atomic E-state index is -0.887. The molecule has 2 atom stereocenters. The summed E-state index contributed by atoms with van der Waals surface area (Å²) in [6, 6.07) is 14.0. The molecule has 36 heavy (non-hydrogen) atoms. The quantitative estimate of drug-likeness (QED) is 0.244. The lowest BCUT2D eigenvalue weighted by Gasteiger charge is -2.35. The van der Waals surface area contributed by atoms with Gasteiger partial charge in [0.1, 0.15) is 22.7 Å². The molecule has 1 aliphatic carbocycles. The number of anilines is 2. The van der Waals surface area contributed by atoms with Crippen molar-refractivity contribution in [1.82, 2.24) is 9.97 Å². The van der Waals surface area contributed by atoms with Gasteiger partial charge in [0.2, 0.25) is 11.9 Å². The molecular weight excluding hydrogens is 478 g/mol. The van der Waals surface area contributed by atoms with Crippen molar-refractivity contribution in [2.75, 3.05) is 10.6 Å². The van der Waals surface area contributed by atoms with Crippen LogP contribution in [0.25, 0.3) is 15.9 Å². The zero-order valence-corrected chi connectivity index (χ0v) is 19.7. The van der Waals surface area contributed by atoms with E-state index in [0.29, 0.717) is 64.3 Å². The zero-order valence-electron chi connectivity index (χ0n) is 19.0. The summed E-state index contributed by atoms with van der Waals surface area (Å²) in [5.41, 5.74) is 1.44. The molecule has 1 saturated carbocycles. The number of halogens is 1. The van der Waals surface area contributed by atoms with Crippen LogP contribution in [-0.2, 0) is 4.79 Å². The van der Waals surface area contributed by atoms with Crippen LogP contribution in [-0.4, -0.2) is 33.2 Å². The van der Waals surface area contributed by atoms with E-state index in [1.54, 1.807) is 30.6 Å². The largest absolute Gasteiger partial charge is 0.457 e. The number of fused-ring (bicyclic) bond motifs is 3. The Morgan fingerprint density at radius 2 is 2.00 bits per heavy atom. The standard InChI is InChI=1S/C27H20ClN5O3/c1-29-15-9-10-27(12-15)26(35)32-21-14-31-25-22(23(21)33-27)19(13-30-25)24(34)18-8-7-17(11-20(18)28)36-16-5-3-2-4-6-16/h2-8,11,13-15,33H,9-10,12H2,(H,30,31)(H,32,35). The van der Waals surface area contributed by atoms with E-state index in [1.807, 2.05) is 30.3 Å². The van der Waals surface area contributed by atoms with Crippen LogP contribution in [0.5, 0.6) is 11.5 Å². The van der Waals surface area contributed by atoms with E-state index in [-0.39, 0.29) is 22.8 Å². The van der Waals surface area contributed by atoms with E-state index in [1.165, 1.54) is 0 Å². The maximum Gasteiger partial charge on any atom is 0.250 e. The van der Waals surface area contributed by atoms with Gasteiger partial charge in [-0.25, -0.2) is 11.6 Å². The Morgan fingerprint density at radius 1 is 1.17 bits per heavy atom. The highest BCUT2D eigenvalue weighted by atomic mass is 35.5. The first kappa shape index (κ1) is 22.1. The van der Waals surface area contributed by atoms with Gasteiger partial charge in [-0.2, -0.15) is 0 Å². The third-order valence-electron chi connectivity index (χ3n) is 6.83. The Kier molecular flexibility index (Phi) is 5.16. The number of hydrogen-bond acceptors (Lipinski definition) is 5. The molecule has 0 radical (unpaired) electrons. The fraction of sp³-hybridized carbons (Fsp3) is 0.185. The summed E-state index contributed by atoms with van der Waals surface area (Å²) in [7, 11) is 0. The van der Waals surface area contributed by atoms with Gasteiger partial charge in [-0.15, -0.1) is 0 Å². The molecule has 2 aliphatic rings. The Bertz CT molecular complexity index is 1580. The van der Waals surface area contributed by atoms with E-state index < -0.39 is 5.54 Å². The van der Waals surface area contributed by atoms with Gasteiger partial charge in [0, 0.05) is 24.2 Å². The number of aromatic nitrogens is 2. The first-order chi connectivity index (χ1) is 17.5. The smallest absolute Gasteiger partial charge is 0.250 e. The molecular formula is C27H20ClN5O3. The van der Waals surface area contributed by atoms with Crippen molar-refractivity contribution in [3.05, 3.63) is 88.5 Å². The second kappa shape index (κ2) is 8.40. The fourth-order valence-corrected chi connectivity index (χ4v) is 5.26. The lowest BCUT2D eigenvalue weighted by molar-refractivity contribution is -0.120. The normalized spacial score (nSPS) is 20.4. The van der Waals surface area contributed by atoms with Crippen LogP contribution in [0.15, 0.2) is 60.9 Å². The zero-order chi connectivity index (χ0) is 24.9. The van der Waals surface area contributed by atoms with Gasteiger partial charge in [0.25, 0.3) is 0 Å². The van der Waals surface area contributed by atoms with Crippen LogP contribution >= 0.6 is 11.6 Å². The average Bonchev–Trinajstić information content (AvgIpc) is 3.51. The Morgan fingerprint density at radius 3 is 2.75 bits per heavy atom. The topological polar surface area (TPSA) is 100 Å². The second-order valence-electron chi connectivity index (χ2n) is 9.05. The highest BCUT2D eigenvalue weighted by molar-refractivity contribution is 6.36. The minimum absolute atomic E-state index is 0.178. The van der Waals surface area contributed by atoms with Crippen molar-refractivity contribution in [1.29, 1.82) is 0 Å². The molecule has 3 N–H and O–H groups in total. The summed E-state index contributed by atoms with van der Waals surface area (Å²) < 4.78 is 5.83. The molecule has 9 heteroatoms. The molecule has 1 fully saturated rings. The summed E-state index contributed by atoms with van der Waals surface area (Å²) in [6.07, 6.45) is 4.75. The predicted molar refractivity (Wildman–Crippen MR) is 137 cm³/mol. The number of H-pyrrole nitrogens is 1. The van der Waals surface area contributed by atoms with E-state index >= 15 is 0 Å². The highest BCUT2D eigenvalue weighted by Gasteiger charge is 2.51. The van der Waals surface area contributed by atoms with Crippen molar-refractivity contribution in [2.45, 2.75) is 30.8 Å². The number of pyridine rings is 1. The number of nitrogens with one attached hydrogen (secondary N) is 3. The molecule has 2 unspecified atom stereocenters. The second-order valence-corrected chi connectivity index (χ2v) is 9.45. The van der Waals surface area contributed by atoms with Gasteiger partial charge >= 0.3 is 0 Å². The van der Waals surface area contributed by atoms with Gasteiger partial charge in [-0.1, -0.05) is 29.8 Å². The number of carbonyl (C=O) groups excluding carboxylic acids is 2. The number of aromatic amines is 1. The molecule has 1 aliphatic heterocycles. The molecule has 2 aromatic heterocycles. The first-order valence-electron chi connectivity index (χ1n) is 11.5. The molecule has 1 amide bonds. The van der Waals surface area contributed by atoms with Gasteiger partial charge in [0.15, 0.2) is 5.78 Å². The summed E-state index contributed by atoms with van der Waals surface area (Å²) in [4.78, 5) is 37.7. The number of carbonyl (C=O) groups is 2. The molecule has 0 bridgehead atoms. The molecule has 2 aromatic carbocycles. The van der Waals surface area contributed by atoms with E-state index in [4.69, 9.17) is 22.9 Å². The van der Waals surface area contributed by atoms with E-state index in [0.717, 1.165) is 0 Å². The number of para-hydroxylation sites is 1. The monoisotopic (exact) mass is 497 g/mol. The average molecular weight is 498 g/mol. The first-order valence-corrected chi connectivity index (χ1v) is 11.9. The SMILES string of the molecule is [C-]#[N+]C1CCC2(C1)Nc1c(cnc3[nH]cc(C(=O)c4ccc(Oc5ccccc5)cc4Cl)c13)NC2=O. The van der Waals surface area contributed by atoms with Crippen LogP contribution in [0.1, 0.15) is 35.2 Å². The Hall–Kier alpha value is -4.35. The molecule has 0 saturated heterocycles. The minimum Gasteiger partial charge on any atom is -0.457 e. The molecule has 1 spiro atoms. The molecule has 6 rings (SSSR count). The Labute approximate surface area is 211 Å². The summed E-state index contributed by atoms with van der Waals surface area (Å²) in [6.45, 7) is 7.39. The van der Waals surface area contributed by atoms with Crippen LogP contribution in [0, 0.1) is 6.57 Å². The Balaban J connectivity index is 1.37. The highest BCUT2D eigenvalue weighted by Crippen LogP contribution is 2.44. The summed E-state index contributed by atoms with van der Waals surface area (Å²) in [5, 5.41) is 7.16. The molecule has 8 nitrogen and oxygen atoms in total. The number of amides is 1. The molecule has 3 heterocycles. The van der Waals surface area contributed by atoms with Crippen LogP contribution in [0.4, 0.5) is 11.4 Å². The number of benzene rings is 2. The van der Waals surface area contributed by atoms with Crippen molar-refractivity contribution >= 4 is 45.7 Å². The van der Waals surface area contributed by atoms with E-state index in [2.05, 4.69) is 25.4 Å². The predicted octanol–water partition coefficient (Wildman–Crippen LogP) is 5.81. The van der Waals surface area contributed by atoms with Crippen molar-refractivity contribution in [3.63, 3.8) is 0 Å². The number of rotatable bonds is 4. The van der Waals surface area contributed by atoms with Crippen molar-refractivity contribution < 1.29 is 14.3 Å². The summed E-state index contributed by atoms with van der Waals surface area (Å²) >= 11 is 6.52.